The lowest BCUT2D eigenvalue weighted by Crippen LogP contribution is -2.26. The van der Waals surface area contributed by atoms with Crippen molar-refractivity contribution in [1.29, 1.82) is 0 Å². The van der Waals surface area contributed by atoms with Gasteiger partial charge in [0, 0.05) is 23.6 Å². The number of hydrogen-bond donors (Lipinski definition) is 2. The molecule has 1 aromatic heterocycles. The van der Waals surface area contributed by atoms with Crippen molar-refractivity contribution in [2.75, 3.05) is 5.32 Å². The van der Waals surface area contributed by atoms with Crippen molar-refractivity contribution in [3.8, 4) is 0 Å². The van der Waals surface area contributed by atoms with E-state index in [2.05, 4.69) is 41.6 Å². The summed E-state index contributed by atoms with van der Waals surface area (Å²) in [4.78, 5) is 16.2. The summed E-state index contributed by atoms with van der Waals surface area (Å²) < 4.78 is 0. The van der Waals surface area contributed by atoms with E-state index in [1.165, 1.54) is 11.1 Å². The van der Waals surface area contributed by atoms with Crippen molar-refractivity contribution >= 4 is 17.3 Å². The number of para-hydroxylation sites is 1. The van der Waals surface area contributed by atoms with Gasteiger partial charge in [-0.25, -0.2) is 0 Å². The van der Waals surface area contributed by atoms with Crippen LogP contribution in [0.5, 0.6) is 0 Å². The molecule has 1 saturated carbocycles. The zero-order valence-electron chi connectivity index (χ0n) is 12.3. The van der Waals surface area contributed by atoms with Crippen LogP contribution >= 0.6 is 0 Å². The van der Waals surface area contributed by atoms with Crippen LogP contribution < -0.4 is 10.6 Å². The van der Waals surface area contributed by atoms with Crippen LogP contribution in [0.1, 0.15) is 34.5 Å². The molecule has 0 unspecified atom stereocenters. The van der Waals surface area contributed by atoms with Gasteiger partial charge in [-0.1, -0.05) is 18.2 Å². The molecule has 0 aliphatic heterocycles. The fourth-order valence-corrected chi connectivity index (χ4v) is 2.28. The maximum absolute atomic E-state index is 12.0. The molecule has 1 fully saturated rings. The number of carbonyl (C=O) groups excluding carboxylic acids is 1. The number of benzene rings is 1. The van der Waals surface area contributed by atoms with Crippen molar-refractivity contribution in [2.24, 2.45) is 0 Å². The molecule has 21 heavy (non-hydrogen) atoms. The van der Waals surface area contributed by atoms with Gasteiger partial charge in [0.2, 0.25) is 0 Å². The van der Waals surface area contributed by atoms with Crippen molar-refractivity contribution in [3.63, 3.8) is 0 Å². The minimum atomic E-state index is -0.0948. The third-order valence-corrected chi connectivity index (χ3v) is 3.66. The Balaban J connectivity index is 1.81. The van der Waals surface area contributed by atoms with Crippen LogP contribution in [0.25, 0.3) is 0 Å². The summed E-state index contributed by atoms with van der Waals surface area (Å²) >= 11 is 0. The summed E-state index contributed by atoms with van der Waals surface area (Å²) in [6, 6.07) is 10.2. The average Bonchev–Trinajstić information content (AvgIpc) is 3.27. The molecule has 4 heteroatoms. The molecule has 0 radical (unpaired) electrons. The molecule has 1 aliphatic rings. The molecule has 0 saturated heterocycles. The predicted molar refractivity (Wildman–Crippen MR) is 83.9 cm³/mol. The largest absolute Gasteiger partial charge is 0.355 e. The zero-order valence-corrected chi connectivity index (χ0v) is 12.3. The average molecular weight is 281 g/mol. The van der Waals surface area contributed by atoms with E-state index in [4.69, 9.17) is 0 Å². The quantitative estimate of drug-likeness (QED) is 0.903. The Kier molecular flexibility index (Phi) is 3.60. The van der Waals surface area contributed by atoms with Gasteiger partial charge in [-0.3, -0.25) is 9.78 Å². The zero-order chi connectivity index (χ0) is 14.8. The Morgan fingerprint density at radius 3 is 2.57 bits per heavy atom. The lowest BCUT2D eigenvalue weighted by Gasteiger charge is -2.13. The lowest BCUT2D eigenvalue weighted by molar-refractivity contribution is 0.0946. The molecular weight excluding hydrogens is 262 g/mol. The number of anilines is 2. The first kappa shape index (κ1) is 13.6. The fraction of sp³-hybridized carbons (Fsp3) is 0.294. The highest BCUT2D eigenvalue weighted by atomic mass is 16.2. The highest BCUT2D eigenvalue weighted by Gasteiger charge is 2.24. The molecule has 1 aromatic carbocycles. The van der Waals surface area contributed by atoms with Crippen molar-refractivity contribution < 1.29 is 4.79 Å². The van der Waals surface area contributed by atoms with E-state index in [0.29, 0.717) is 11.7 Å². The second-order valence-electron chi connectivity index (χ2n) is 5.57. The van der Waals surface area contributed by atoms with Gasteiger partial charge < -0.3 is 10.6 Å². The second-order valence-corrected chi connectivity index (χ2v) is 5.57. The summed E-state index contributed by atoms with van der Waals surface area (Å²) in [5.74, 6) is -0.0948. The third kappa shape index (κ3) is 3.21. The molecule has 0 atom stereocenters. The summed E-state index contributed by atoms with van der Waals surface area (Å²) in [5.41, 5.74) is 4.77. The molecule has 4 nitrogen and oxygen atoms in total. The van der Waals surface area contributed by atoms with E-state index >= 15 is 0 Å². The van der Waals surface area contributed by atoms with Gasteiger partial charge >= 0.3 is 0 Å². The highest BCUT2D eigenvalue weighted by molar-refractivity contribution is 5.93. The van der Waals surface area contributed by atoms with E-state index in [1.807, 2.05) is 12.1 Å². The number of aryl methyl sites for hydroxylation is 2. The van der Waals surface area contributed by atoms with Gasteiger partial charge in [0.05, 0.1) is 0 Å². The molecule has 1 aliphatic carbocycles. The molecule has 108 valence electrons. The number of hydrogen-bond acceptors (Lipinski definition) is 3. The molecule has 2 aromatic rings. The summed E-state index contributed by atoms with van der Waals surface area (Å²) in [5, 5.41) is 6.34. The number of nitrogens with one attached hydrogen (secondary N) is 2. The Morgan fingerprint density at radius 2 is 1.90 bits per heavy atom. The number of amides is 1. The summed E-state index contributed by atoms with van der Waals surface area (Å²) in [6.07, 6.45) is 3.82. The Labute approximate surface area is 124 Å². The van der Waals surface area contributed by atoms with E-state index in [9.17, 15) is 4.79 Å². The van der Waals surface area contributed by atoms with Crippen LogP contribution in [0, 0.1) is 13.8 Å². The molecule has 0 bridgehead atoms. The fourth-order valence-electron chi connectivity index (χ4n) is 2.28. The molecule has 1 amide bonds. The van der Waals surface area contributed by atoms with Gasteiger partial charge in [0.15, 0.2) is 0 Å². The highest BCUT2D eigenvalue weighted by Crippen LogP contribution is 2.24. The summed E-state index contributed by atoms with van der Waals surface area (Å²) in [7, 11) is 0. The Hall–Kier alpha value is -2.36. The van der Waals surface area contributed by atoms with Crippen LogP contribution in [-0.2, 0) is 0 Å². The van der Waals surface area contributed by atoms with Crippen LogP contribution in [-0.4, -0.2) is 16.9 Å². The minimum Gasteiger partial charge on any atom is -0.355 e. The minimum absolute atomic E-state index is 0.0948. The van der Waals surface area contributed by atoms with Gasteiger partial charge in [0.25, 0.3) is 5.91 Å². The van der Waals surface area contributed by atoms with E-state index in [1.54, 1.807) is 12.3 Å². The number of nitrogens with zero attached hydrogens (tertiary/aromatic N) is 1. The smallest absolute Gasteiger partial charge is 0.270 e. The van der Waals surface area contributed by atoms with E-state index in [-0.39, 0.29) is 5.91 Å². The SMILES string of the molecule is Cc1cccc(C)c1Nc1ccnc(C(=O)NC2CC2)c1. The second kappa shape index (κ2) is 5.56. The topological polar surface area (TPSA) is 54.0 Å². The number of rotatable bonds is 4. The van der Waals surface area contributed by atoms with E-state index < -0.39 is 0 Å². The van der Waals surface area contributed by atoms with Gasteiger partial charge in [-0.05, 0) is 49.9 Å². The third-order valence-electron chi connectivity index (χ3n) is 3.66. The Bertz CT molecular complexity index is 657. The first-order chi connectivity index (χ1) is 10.1. The van der Waals surface area contributed by atoms with Crippen LogP contribution in [0.4, 0.5) is 11.4 Å². The molecule has 1 heterocycles. The molecule has 0 spiro atoms. The normalized spacial score (nSPS) is 13.8. The molecule has 2 N–H and O–H groups in total. The molecule has 3 rings (SSSR count). The predicted octanol–water partition coefficient (Wildman–Crippen LogP) is 3.33. The Morgan fingerprint density at radius 1 is 1.19 bits per heavy atom. The van der Waals surface area contributed by atoms with Gasteiger partial charge in [0.1, 0.15) is 5.69 Å². The standard InChI is InChI=1S/C17H19N3O/c1-11-4-3-5-12(2)16(11)19-14-8-9-18-15(10-14)17(21)20-13-6-7-13/h3-5,8-10,13H,6-7H2,1-2H3,(H,18,19)(H,20,21). The van der Waals surface area contributed by atoms with Crippen molar-refractivity contribution in [3.05, 3.63) is 53.3 Å². The monoisotopic (exact) mass is 281 g/mol. The van der Waals surface area contributed by atoms with Crippen molar-refractivity contribution in [2.45, 2.75) is 32.7 Å². The first-order valence-corrected chi connectivity index (χ1v) is 7.23. The van der Waals surface area contributed by atoms with Crippen molar-refractivity contribution in [1.82, 2.24) is 10.3 Å². The number of pyridine rings is 1. The van der Waals surface area contributed by atoms with E-state index in [0.717, 1.165) is 24.2 Å². The van der Waals surface area contributed by atoms with Gasteiger partial charge in [-0.15, -0.1) is 0 Å². The maximum atomic E-state index is 12.0. The summed E-state index contributed by atoms with van der Waals surface area (Å²) in [6.45, 7) is 4.13. The van der Waals surface area contributed by atoms with Crippen LogP contribution in [0.2, 0.25) is 0 Å². The maximum Gasteiger partial charge on any atom is 0.270 e. The number of carbonyl (C=O) groups is 1. The van der Waals surface area contributed by atoms with Crippen LogP contribution in [0.15, 0.2) is 36.5 Å². The molecular formula is C17H19N3O. The number of aromatic nitrogens is 1. The first-order valence-electron chi connectivity index (χ1n) is 7.23. The van der Waals surface area contributed by atoms with Crippen LogP contribution in [0.3, 0.4) is 0 Å². The lowest BCUT2D eigenvalue weighted by atomic mass is 10.1. The van der Waals surface area contributed by atoms with Gasteiger partial charge in [-0.2, -0.15) is 0 Å².